The highest BCUT2D eigenvalue weighted by molar-refractivity contribution is 5.22. The van der Waals surface area contributed by atoms with Crippen LogP contribution in [-0.4, -0.2) is 46.5 Å². The van der Waals surface area contributed by atoms with Crippen molar-refractivity contribution in [2.45, 2.75) is 31.4 Å². The molecule has 0 aromatic carbocycles. The zero-order valence-corrected chi connectivity index (χ0v) is 9.84. The number of aliphatic hydroxyl groups is 2. The highest BCUT2D eigenvalue weighted by atomic mass is 16.3. The van der Waals surface area contributed by atoms with Crippen LogP contribution in [0.4, 0.5) is 0 Å². The number of hydrogen-bond donors (Lipinski definition) is 2. The first-order chi connectivity index (χ1) is 7.72. The van der Waals surface area contributed by atoms with Gasteiger partial charge in [-0.3, -0.25) is 4.90 Å². The van der Waals surface area contributed by atoms with E-state index in [9.17, 15) is 10.2 Å². The van der Waals surface area contributed by atoms with Crippen molar-refractivity contribution in [2.24, 2.45) is 5.92 Å². The fraction of sp³-hybridized carbons (Fsp3) is 0.692. The molecule has 90 valence electrons. The van der Waals surface area contributed by atoms with E-state index in [1.165, 1.54) is 0 Å². The summed E-state index contributed by atoms with van der Waals surface area (Å²) in [4.78, 5) is 2.32. The molecule has 16 heavy (non-hydrogen) atoms. The summed E-state index contributed by atoms with van der Waals surface area (Å²) in [6.45, 7) is 3.74. The molecule has 1 saturated heterocycles. The van der Waals surface area contributed by atoms with E-state index >= 15 is 0 Å². The maximum absolute atomic E-state index is 9.86. The van der Waals surface area contributed by atoms with Crippen LogP contribution in [0.5, 0.6) is 0 Å². The highest BCUT2D eigenvalue weighted by Gasteiger charge is 2.41. The molecule has 0 bridgehead atoms. The molecule has 3 nitrogen and oxygen atoms in total. The monoisotopic (exact) mass is 223 g/mol. The molecule has 2 aliphatic rings. The Labute approximate surface area is 97.1 Å². The van der Waals surface area contributed by atoms with Crippen molar-refractivity contribution in [1.82, 2.24) is 4.90 Å². The van der Waals surface area contributed by atoms with Crippen LogP contribution >= 0.6 is 0 Å². The van der Waals surface area contributed by atoms with Crippen molar-refractivity contribution in [3.63, 3.8) is 0 Å². The number of rotatable bonds is 3. The number of likely N-dealkylation sites (tertiary alicyclic amines) is 1. The van der Waals surface area contributed by atoms with Crippen molar-refractivity contribution < 1.29 is 10.2 Å². The SMILES string of the molecule is CC[C@@]1(N2C[C@@H](CO)[C@@H](O)C2)C=CC=CC1. The average Bonchev–Trinajstić information content (AvgIpc) is 2.72. The lowest BCUT2D eigenvalue weighted by Crippen LogP contribution is -2.46. The van der Waals surface area contributed by atoms with Crippen LogP contribution in [0, 0.1) is 5.92 Å². The van der Waals surface area contributed by atoms with Crippen LogP contribution in [0.1, 0.15) is 19.8 Å². The van der Waals surface area contributed by atoms with Gasteiger partial charge in [-0.15, -0.1) is 0 Å². The van der Waals surface area contributed by atoms with Crippen LogP contribution in [0.2, 0.25) is 0 Å². The van der Waals surface area contributed by atoms with E-state index in [0.29, 0.717) is 6.54 Å². The number of aliphatic hydroxyl groups excluding tert-OH is 2. The summed E-state index contributed by atoms with van der Waals surface area (Å²) in [6.07, 6.45) is 10.2. The van der Waals surface area contributed by atoms with E-state index in [0.717, 1.165) is 19.4 Å². The van der Waals surface area contributed by atoms with E-state index in [4.69, 9.17) is 0 Å². The van der Waals surface area contributed by atoms with E-state index in [1.54, 1.807) is 0 Å². The molecule has 0 aromatic heterocycles. The zero-order chi connectivity index (χ0) is 11.6. The minimum Gasteiger partial charge on any atom is -0.396 e. The summed E-state index contributed by atoms with van der Waals surface area (Å²) >= 11 is 0. The van der Waals surface area contributed by atoms with Gasteiger partial charge < -0.3 is 10.2 Å². The van der Waals surface area contributed by atoms with Crippen molar-refractivity contribution in [2.75, 3.05) is 19.7 Å². The maximum atomic E-state index is 9.86. The molecule has 0 spiro atoms. The summed E-state index contributed by atoms with van der Waals surface area (Å²) in [7, 11) is 0. The molecular weight excluding hydrogens is 202 g/mol. The summed E-state index contributed by atoms with van der Waals surface area (Å²) in [5.41, 5.74) is 0.0552. The molecule has 0 aromatic rings. The quantitative estimate of drug-likeness (QED) is 0.748. The van der Waals surface area contributed by atoms with Gasteiger partial charge in [-0.1, -0.05) is 31.2 Å². The van der Waals surface area contributed by atoms with Gasteiger partial charge in [-0.2, -0.15) is 0 Å². The first-order valence-electron chi connectivity index (χ1n) is 6.10. The van der Waals surface area contributed by atoms with Crippen LogP contribution in [0.25, 0.3) is 0 Å². The summed E-state index contributed by atoms with van der Waals surface area (Å²) in [6, 6.07) is 0. The van der Waals surface area contributed by atoms with Crippen molar-refractivity contribution in [3.8, 4) is 0 Å². The number of nitrogens with zero attached hydrogens (tertiary/aromatic N) is 1. The lowest BCUT2D eigenvalue weighted by atomic mass is 9.87. The largest absolute Gasteiger partial charge is 0.396 e. The second-order valence-corrected chi connectivity index (χ2v) is 4.86. The Morgan fingerprint density at radius 3 is 2.69 bits per heavy atom. The Morgan fingerprint density at radius 2 is 2.19 bits per heavy atom. The van der Waals surface area contributed by atoms with Crippen LogP contribution in [0.3, 0.4) is 0 Å². The topological polar surface area (TPSA) is 43.7 Å². The number of allylic oxidation sites excluding steroid dienone is 2. The Bertz CT molecular complexity index is 300. The molecule has 1 aliphatic carbocycles. The van der Waals surface area contributed by atoms with Crippen molar-refractivity contribution in [3.05, 3.63) is 24.3 Å². The number of β-amino-alcohol motifs (C(OH)–C–C–N with tert-alkyl or cyclic N) is 1. The minimum absolute atomic E-state index is 0.0164. The van der Waals surface area contributed by atoms with Gasteiger partial charge >= 0.3 is 0 Å². The second-order valence-electron chi connectivity index (χ2n) is 4.86. The minimum atomic E-state index is -0.382. The fourth-order valence-corrected chi connectivity index (χ4v) is 2.77. The summed E-state index contributed by atoms with van der Waals surface area (Å²) in [5, 5.41) is 19.0. The third-order valence-corrected chi connectivity index (χ3v) is 4.01. The maximum Gasteiger partial charge on any atom is 0.0729 e. The predicted molar refractivity (Wildman–Crippen MR) is 64.1 cm³/mol. The molecule has 0 radical (unpaired) electrons. The lowest BCUT2D eigenvalue weighted by molar-refractivity contribution is 0.0993. The molecule has 0 saturated carbocycles. The Kier molecular flexibility index (Phi) is 3.47. The first-order valence-corrected chi connectivity index (χ1v) is 6.10. The molecule has 1 fully saturated rings. The lowest BCUT2D eigenvalue weighted by Gasteiger charge is -2.39. The van der Waals surface area contributed by atoms with Gasteiger partial charge in [0.1, 0.15) is 0 Å². The van der Waals surface area contributed by atoms with Crippen LogP contribution in [0.15, 0.2) is 24.3 Å². The standard InChI is InChI=1S/C13H21NO2/c1-2-13(6-4-3-5-7-13)14-8-11(10-15)12(16)9-14/h3-6,11-12,15-16H,2,7-10H2,1H3/t11-,12-,13+/m0/s1. The van der Waals surface area contributed by atoms with Gasteiger partial charge in [0.05, 0.1) is 6.10 Å². The molecule has 0 amide bonds. The van der Waals surface area contributed by atoms with E-state index in [-0.39, 0.29) is 24.2 Å². The smallest absolute Gasteiger partial charge is 0.0729 e. The Balaban J connectivity index is 2.12. The molecule has 3 heteroatoms. The van der Waals surface area contributed by atoms with Gasteiger partial charge in [0.25, 0.3) is 0 Å². The van der Waals surface area contributed by atoms with Gasteiger partial charge in [-0.25, -0.2) is 0 Å². The molecule has 1 heterocycles. The molecular formula is C13H21NO2. The Morgan fingerprint density at radius 1 is 1.38 bits per heavy atom. The van der Waals surface area contributed by atoms with E-state index in [2.05, 4.69) is 36.1 Å². The zero-order valence-electron chi connectivity index (χ0n) is 9.84. The first kappa shape index (κ1) is 11.8. The van der Waals surface area contributed by atoms with Crippen molar-refractivity contribution in [1.29, 1.82) is 0 Å². The van der Waals surface area contributed by atoms with Gasteiger partial charge in [0, 0.05) is 31.2 Å². The van der Waals surface area contributed by atoms with Gasteiger partial charge in [0.15, 0.2) is 0 Å². The van der Waals surface area contributed by atoms with Crippen LogP contribution in [-0.2, 0) is 0 Å². The molecule has 2 rings (SSSR count). The molecule has 2 N–H and O–H groups in total. The third-order valence-electron chi connectivity index (χ3n) is 4.01. The van der Waals surface area contributed by atoms with Crippen LogP contribution < -0.4 is 0 Å². The number of hydrogen-bond acceptors (Lipinski definition) is 3. The second kappa shape index (κ2) is 4.70. The highest BCUT2D eigenvalue weighted by Crippen LogP contribution is 2.33. The van der Waals surface area contributed by atoms with E-state index in [1.807, 2.05) is 0 Å². The van der Waals surface area contributed by atoms with Gasteiger partial charge in [0.2, 0.25) is 0 Å². The Hall–Kier alpha value is -0.640. The van der Waals surface area contributed by atoms with Gasteiger partial charge in [-0.05, 0) is 12.8 Å². The summed E-state index contributed by atoms with van der Waals surface area (Å²) < 4.78 is 0. The normalized spacial score (nSPS) is 39.4. The van der Waals surface area contributed by atoms with Crippen molar-refractivity contribution >= 4 is 0 Å². The predicted octanol–water partition coefficient (Wildman–Crippen LogP) is 0.936. The summed E-state index contributed by atoms with van der Waals surface area (Å²) in [5.74, 6) is 0.0164. The average molecular weight is 223 g/mol. The molecule has 3 atom stereocenters. The molecule has 0 unspecified atom stereocenters. The fourth-order valence-electron chi connectivity index (χ4n) is 2.77. The third kappa shape index (κ3) is 1.95. The molecule has 1 aliphatic heterocycles. The van der Waals surface area contributed by atoms with E-state index < -0.39 is 0 Å².